The number of aryl methyl sites for hydroxylation is 3. The van der Waals surface area contributed by atoms with Crippen molar-refractivity contribution < 1.29 is 0 Å². The number of nitrogens with zero attached hydrogens (tertiary/aromatic N) is 5. The molecule has 0 atom stereocenters. The first-order valence-electron chi connectivity index (χ1n) is 8.29. The van der Waals surface area contributed by atoms with Crippen LogP contribution in [0.1, 0.15) is 40.8 Å². The Morgan fingerprint density at radius 1 is 1.20 bits per heavy atom. The number of benzene rings is 1. The van der Waals surface area contributed by atoms with Gasteiger partial charge in [0, 0.05) is 17.7 Å². The van der Waals surface area contributed by atoms with E-state index in [2.05, 4.69) is 58.5 Å². The van der Waals surface area contributed by atoms with Crippen LogP contribution in [0, 0.1) is 25.5 Å². The van der Waals surface area contributed by atoms with E-state index >= 15 is 0 Å². The Morgan fingerprint density at radius 3 is 2.60 bits per heavy atom. The maximum Gasteiger partial charge on any atom is 0.216 e. The lowest BCUT2D eigenvalue weighted by Gasteiger charge is -2.05. The summed E-state index contributed by atoms with van der Waals surface area (Å²) in [5, 5.41) is 16.1. The van der Waals surface area contributed by atoms with Crippen LogP contribution in [0.3, 0.4) is 0 Å². The standard InChI is InChI=1S/C18H22N6S/c1-5-17-20-21-18(25)24(17)19-10-16-13(3)22-23(14(16)4)11-15-8-6-12(2)7-9-15/h6-10H,5,11H2,1-4H3,(H,21,25)/b19-10-. The first-order valence-corrected chi connectivity index (χ1v) is 8.70. The van der Waals surface area contributed by atoms with Gasteiger partial charge >= 0.3 is 0 Å². The molecular formula is C18H22N6S. The van der Waals surface area contributed by atoms with Gasteiger partial charge < -0.3 is 0 Å². The van der Waals surface area contributed by atoms with Crippen molar-refractivity contribution in [2.75, 3.05) is 0 Å². The monoisotopic (exact) mass is 354 g/mol. The summed E-state index contributed by atoms with van der Waals surface area (Å²) in [6.45, 7) is 8.91. The maximum atomic E-state index is 5.23. The summed E-state index contributed by atoms with van der Waals surface area (Å²) >= 11 is 5.23. The highest BCUT2D eigenvalue weighted by molar-refractivity contribution is 7.71. The van der Waals surface area contributed by atoms with Crippen molar-refractivity contribution in [3.8, 4) is 0 Å². The molecule has 3 aromatic rings. The summed E-state index contributed by atoms with van der Waals surface area (Å²) in [6, 6.07) is 8.52. The quantitative estimate of drug-likeness (QED) is 0.563. The van der Waals surface area contributed by atoms with E-state index in [0.717, 1.165) is 35.7 Å². The van der Waals surface area contributed by atoms with Crippen molar-refractivity contribution in [3.05, 3.63) is 62.9 Å². The van der Waals surface area contributed by atoms with Gasteiger partial charge in [-0.3, -0.25) is 9.78 Å². The average molecular weight is 354 g/mol. The molecule has 3 rings (SSSR count). The molecule has 0 unspecified atom stereocenters. The van der Waals surface area contributed by atoms with Gasteiger partial charge in [-0.05, 0) is 38.6 Å². The van der Waals surface area contributed by atoms with Crippen molar-refractivity contribution in [1.82, 2.24) is 24.7 Å². The Kier molecular flexibility index (Phi) is 4.94. The summed E-state index contributed by atoms with van der Waals surface area (Å²) in [4.78, 5) is 0. The molecule has 0 spiro atoms. The largest absolute Gasteiger partial charge is 0.265 e. The van der Waals surface area contributed by atoms with Crippen molar-refractivity contribution in [3.63, 3.8) is 0 Å². The number of hydrogen-bond acceptors (Lipinski definition) is 4. The fraction of sp³-hybridized carbons (Fsp3) is 0.333. The number of aromatic nitrogens is 5. The van der Waals surface area contributed by atoms with E-state index in [1.807, 2.05) is 24.7 Å². The summed E-state index contributed by atoms with van der Waals surface area (Å²) < 4.78 is 4.16. The second kappa shape index (κ2) is 7.14. The molecule has 0 saturated heterocycles. The lowest BCUT2D eigenvalue weighted by atomic mass is 10.1. The molecule has 0 saturated carbocycles. The van der Waals surface area contributed by atoms with Gasteiger partial charge in [0.1, 0.15) is 0 Å². The third-order valence-corrected chi connectivity index (χ3v) is 4.49. The minimum absolute atomic E-state index is 0.496. The van der Waals surface area contributed by atoms with E-state index in [4.69, 9.17) is 12.2 Å². The lowest BCUT2D eigenvalue weighted by molar-refractivity contribution is 0.659. The van der Waals surface area contributed by atoms with Crippen LogP contribution in [0.2, 0.25) is 0 Å². The number of H-pyrrole nitrogens is 1. The molecule has 130 valence electrons. The normalized spacial score (nSPS) is 11.5. The zero-order valence-corrected chi connectivity index (χ0v) is 15.8. The molecule has 25 heavy (non-hydrogen) atoms. The maximum absolute atomic E-state index is 5.23. The van der Waals surface area contributed by atoms with Gasteiger partial charge in [0.2, 0.25) is 4.77 Å². The van der Waals surface area contributed by atoms with Crippen LogP contribution in [0.15, 0.2) is 29.4 Å². The molecule has 0 amide bonds. The molecular weight excluding hydrogens is 332 g/mol. The molecule has 0 bridgehead atoms. The molecule has 1 aromatic carbocycles. The van der Waals surface area contributed by atoms with Gasteiger partial charge in [0.05, 0.1) is 18.5 Å². The van der Waals surface area contributed by atoms with Crippen molar-refractivity contribution in [2.24, 2.45) is 5.10 Å². The Bertz CT molecular complexity index is 959. The van der Waals surface area contributed by atoms with E-state index in [1.54, 1.807) is 4.68 Å². The molecule has 0 fully saturated rings. The van der Waals surface area contributed by atoms with E-state index in [1.165, 1.54) is 11.1 Å². The fourth-order valence-electron chi connectivity index (χ4n) is 2.71. The Morgan fingerprint density at radius 2 is 1.92 bits per heavy atom. The van der Waals surface area contributed by atoms with Gasteiger partial charge in [0.25, 0.3) is 0 Å². The molecule has 1 N–H and O–H groups in total. The fourth-order valence-corrected chi connectivity index (χ4v) is 2.90. The minimum atomic E-state index is 0.496. The Hall–Kier alpha value is -2.54. The molecule has 0 aliphatic carbocycles. The summed E-state index contributed by atoms with van der Waals surface area (Å²) in [5.41, 5.74) is 5.52. The van der Waals surface area contributed by atoms with Crippen LogP contribution in [-0.4, -0.2) is 30.9 Å². The molecule has 6 nitrogen and oxygen atoms in total. The summed E-state index contributed by atoms with van der Waals surface area (Å²) in [6.07, 6.45) is 2.57. The van der Waals surface area contributed by atoms with Crippen LogP contribution in [-0.2, 0) is 13.0 Å². The highest BCUT2D eigenvalue weighted by Crippen LogP contribution is 2.14. The first kappa shape index (κ1) is 17.3. The number of rotatable bonds is 5. The van der Waals surface area contributed by atoms with Crippen LogP contribution in [0.25, 0.3) is 0 Å². The zero-order valence-electron chi connectivity index (χ0n) is 14.9. The van der Waals surface area contributed by atoms with Crippen LogP contribution < -0.4 is 0 Å². The lowest BCUT2D eigenvalue weighted by Crippen LogP contribution is -2.04. The number of aromatic amines is 1. The third kappa shape index (κ3) is 3.61. The molecule has 0 radical (unpaired) electrons. The second-order valence-corrected chi connectivity index (χ2v) is 6.47. The molecule has 2 aromatic heterocycles. The topological polar surface area (TPSA) is 63.8 Å². The first-order chi connectivity index (χ1) is 12.0. The van der Waals surface area contributed by atoms with Gasteiger partial charge in [-0.1, -0.05) is 36.8 Å². The molecule has 0 aliphatic heterocycles. The second-order valence-electron chi connectivity index (χ2n) is 6.08. The van der Waals surface area contributed by atoms with Crippen LogP contribution >= 0.6 is 12.2 Å². The predicted molar refractivity (Wildman–Crippen MR) is 102 cm³/mol. The predicted octanol–water partition coefficient (Wildman–Crippen LogP) is 3.56. The molecule has 0 aliphatic rings. The van der Waals surface area contributed by atoms with E-state index < -0.39 is 0 Å². The SMILES string of the molecule is CCc1n[nH]c(=S)n1/N=C\c1c(C)nn(Cc2ccc(C)cc2)c1C. The van der Waals surface area contributed by atoms with E-state index in [9.17, 15) is 0 Å². The third-order valence-electron chi connectivity index (χ3n) is 4.23. The van der Waals surface area contributed by atoms with Gasteiger partial charge in [-0.2, -0.15) is 20.0 Å². The summed E-state index contributed by atoms with van der Waals surface area (Å²) in [5.74, 6) is 0.809. The van der Waals surface area contributed by atoms with Crippen LogP contribution in [0.4, 0.5) is 0 Å². The van der Waals surface area contributed by atoms with Gasteiger partial charge in [0.15, 0.2) is 5.82 Å². The minimum Gasteiger partial charge on any atom is -0.265 e. The van der Waals surface area contributed by atoms with Crippen molar-refractivity contribution >= 4 is 18.4 Å². The van der Waals surface area contributed by atoms with Crippen LogP contribution in [0.5, 0.6) is 0 Å². The van der Waals surface area contributed by atoms with Gasteiger partial charge in [-0.25, -0.2) is 0 Å². The Balaban J connectivity index is 1.89. The van der Waals surface area contributed by atoms with E-state index in [0.29, 0.717) is 4.77 Å². The highest BCUT2D eigenvalue weighted by Gasteiger charge is 2.11. The average Bonchev–Trinajstić information content (AvgIpc) is 3.08. The van der Waals surface area contributed by atoms with Crippen molar-refractivity contribution in [2.45, 2.75) is 40.7 Å². The van der Waals surface area contributed by atoms with Gasteiger partial charge in [-0.15, -0.1) is 0 Å². The smallest absolute Gasteiger partial charge is 0.216 e. The van der Waals surface area contributed by atoms with E-state index in [-0.39, 0.29) is 0 Å². The molecule has 7 heteroatoms. The summed E-state index contributed by atoms with van der Waals surface area (Å²) in [7, 11) is 0. The Labute approximate surface area is 152 Å². The number of hydrogen-bond donors (Lipinski definition) is 1. The zero-order chi connectivity index (χ0) is 18.0. The number of nitrogens with one attached hydrogen (secondary N) is 1. The van der Waals surface area contributed by atoms with Crippen molar-refractivity contribution in [1.29, 1.82) is 0 Å². The molecule has 2 heterocycles. The highest BCUT2D eigenvalue weighted by atomic mass is 32.1.